The maximum Gasteiger partial charge on any atom is 0.186 e. The summed E-state index contributed by atoms with van der Waals surface area (Å²) in [5.74, 6) is 0. The number of rotatable bonds is 3. The van der Waals surface area contributed by atoms with E-state index in [0.717, 1.165) is 5.69 Å². The number of hydrazone groups is 1. The molecule has 0 atom stereocenters. The van der Waals surface area contributed by atoms with Crippen molar-refractivity contribution in [3.8, 4) is 5.69 Å². The summed E-state index contributed by atoms with van der Waals surface area (Å²) in [6.07, 6.45) is 1.57. The summed E-state index contributed by atoms with van der Waals surface area (Å²) in [4.78, 5) is 0. The zero-order chi connectivity index (χ0) is 15.4. The number of aromatic nitrogens is 2. The molecule has 2 N–H and O–H groups in total. The van der Waals surface area contributed by atoms with Gasteiger partial charge in [0.25, 0.3) is 0 Å². The highest BCUT2D eigenvalue weighted by Gasteiger charge is 2.14. The van der Waals surface area contributed by atoms with Crippen LogP contribution in [-0.4, -0.2) is 28.2 Å². The van der Waals surface area contributed by atoms with Gasteiger partial charge in [0, 0.05) is 7.05 Å². The van der Waals surface area contributed by atoms with Crippen LogP contribution in [0.5, 0.6) is 0 Å². The van der Waals surface area contributed by atoms with Crippen LogP contribution in [0.4, 0.5) is 0 Å². The van der Waals surface area contributed by atoms with Gasteiger partial charge in [-0.15, -0.1) is 0 Å². The Labute approximate surface area is 137 Å². The highest BCUT2D eigenvalue weighted by atomic mass is 35.5. The van der Waals surface area contributed by atoms with Crippen LogP contribution in [0.25, 0.3) is 5.69 Å². The Bertz CT molecular complexity index is 696. The molecule has 2 aromatic rings. The van der Waals surface area contributed by atoms with E-state index in [1.807, 2.05) is 25.1 Å². The van der Waals surface area contributed by atoms with Crippen LogP contribution >= 0.6 is 35.4 Å². The van der Waals surface area contributed by atoms with Crippen LogP contribution in [0.15, 0.2) is 29.4 Å². The van der Waals surface area contributed by atoms with E-state index >= 15 is 0 Å². The number of hydrogen-bond donors (Lipinski definition) is 2. The van der Waals surface area contributed by atoms with Gasteiger partial charge in [-0.1, -0.05) is 35.3 Å². The number of benzene rings is 1. The Balaban J connectivity index is 2.34. The van der Waals surface area contributed by atoms with Gasteiger partial charge < -0.3 is 5.32 Å². The Morgan fingerprint density at radius 2 is 2.10 bits per heavy atom. The molecule has 0 bridgehead atoms. The van der Waals surface area contributed by atoms with E-state index in [-0.39, 0.29) is 0 Å². The molecular formula is C13H13Cl2N5S. The van der Waals surface area contributed by atoms with Crippen LogP contribution in [0.2, 0.25) is 10.2 Å². The maximum absolute atomic E-state index is 6.36. The Morgan fingerprint density at radius 3 is 2.76 bits per heavy atom. The maximum atomic E-state index is 6.36. The van der Waals surface area contributed by atoms with Crippen molar-refractivity contribution in [3.05, 3.63) is 45.7 Å². The summed E-state index contributed by atoms with van der Waals surface area (Å²) in [6.45, 7) is 1.84. The van der Waals surface area contributed by atoms with E-state index in [1.165, 1.54) is 0 Å². The van der Waals surface area contributed by atoms with E-state index in [9.17, 15) is 0 Å². The second-order valence-electron chi connectivity index (χ2n) is 4.10. The van der Waals surface area contributed by atoms with E-state index in [1.54, 1.807) is 24.0 Å². The number of aryl methyl sites for hydroxylation is 1. The largest absolute Gasteiger partial charge is 0.364 e. The topological polar surface area (TPSA) is 54.2 Å². The molecule has 0 spiro atoms. The second kappa shape index (κ2) is 6.89. The molecule has 5 nitrogen and oxygen atoms in total. The van der Waals surface area contributed by atoms with Gasteiger partial charge in [0.05, 0.1) is 28.2 Å². The molecule has 0 unspecified atom stereocenters. The molecule has 0 aliphatic rings. The second-order valence-corrected chi connectivity index (χ2v) is 5.28. The van der Waals surface area contributed by atoms with Gasteiger partial charge in [0.15, 0.2) is 5.11 Å². The molecular weight excluding hydrogens is 329 g/mol. The SMILES string of the molecule is CNC(=S)N/N=C/c1c(C)nn(-c2ccccc2Cl)c1Cl. The lowest BCUT2D eigenvalue weighted by Crippen LogP contribution is -2.28. The van der Waals surface area contributed by atoms with Crippen molar-refractivity contribution >= 4 is 46.7 Å². The van der Waals surface area contributed by atoms with Gasteiger partial charge in [-0.05, 0) is 31.3 Å². The van der Waals surface area contributed by atoms with Gasteiger partial charge in [-0.2, -0.15) is 10.2 Å². The Kier molecular flexibility index (Phi) is 5.17. The van der Waals surface area contributed by atoms with E-state index in [4.69, 9.17) is 35.4 Å². The molecule has 0 fully saturated rings. The van der Waals surface area contributed by atoms with Crippen molar-refractivity contribution in [1.82, 2.24) is 20.5 Å². The van der Waals surface area contributed by atoms with Crippen molar-refractivity contribution in [1.29, 1.82) is 0 Å². The average Bonchev–Trinajstić information content (AvgIpc) is 2.75. The minimum Gasteiger partial charge on any atom is -0.364 e. The quantitative estimate of drug-likeness (QED) is 0.512. The summed E-state index contributed by atoms with van der Waals surface area (Å²) in [6, 6.07) is 7.34. The number of para-hydroxylation sites is 1. The van der Waals surface area contributed by atoms with Crippen molar-refractivity contribution < 1.29 is 0 Å². The van der Waals surface area contributed by atoms with Gasteiger partial charge in [0.2, 0.25) is 0 Å². The molecule has 0 radical (unpaired) electrons. The lowest BCUT2D eigenvalue weighted by Gasteiger charge is -2.05. The predicted molar refractivity (Wildman–Crippen MR) is 90.7 cm³/mol. The first-order chi connectivity index (χ1) is 10.0. The molecule has 8 heteroatoms. The number of nitrogens with one attached hydrogen (secondary N) is 2. The van der Waals surface area contributed by atoms with E-state index in [0.29, 0.717) is 26.5 Å². The molecule has 1 aromatic heterocycles. The first-order valence-corrected chi connectivity index (χ1v) is 7.21. The molecule has 110 valence electrons. The summed E-state index contributed by atoms with van der Waals surface area (Å²) in [5, 5.41) is 12.6. The van der Waals surface area contributed by atoms with Gasteiger partial charge in [0.1, 0.15) is 5.15 Å². The molecule has 0 amide bonds. The van der Waals surface area contributed by atoms with Crippen LogP contribution in [0.1, 0.15) is 11.3 Å². The highest BCUT2D eigenvalue weighted by molar-refractivity contribution is 7.80. The molecule has 1 aromatic carbocycles. The fraction of sp³-hybridized carbons (Fsp3) is 0.154. The standard InChI is InChI=1S/C13H13Cl2N5S/c1-8-9(7-17-18-13(21)16-2)12(15)20(19-8)11-6-4-3-5-10(11)14/h3-7H,1-2H3,(H2,16,18,21)/b17-7+. The molecule has 0 saturated carbocycles. The first kappa shape index (κ1) is 15.8. The van der Waals surface area contributed by atoms with Crippen LogP contribution in [0, 0.1) is 6.92 Å². The molecule has 2 rings (SSSR count). The van der Waals surface area contributed by atoms with Crippen molar-refractivity contribution in [2.45, 2.75) is 6.92 Å². The Hall–Kier alpha value is -1.63. The average molecular weight is 342 g/mol. The zero-order valence-electron chi connectivity index (χ0n) is 11.4. The summed E-state index contributed by atoms with van der Waals surface area (Å²) in [5.41, 5.74) is 4.81. The summed E-state index contributed by atoms with van der Waals surface area (Å²) < 4.78 is 1.58. The van der Waals surface area contributed by atoms with Crippen LogP contribution in [-0.2, 0) is 0 Å². The monoisotopic (exact) mass is 341 g/mol. The first-order valence-electron chi connectivity index (χ1n) is 6.05. The highest BCUT2D eigenvalue weighted by Crippen LogP contribution is 2.26. The molecule has 0 aliphatic carbocycles. The van der Waals surface area contributed by atoms with Crippen molar-refractivity contribution in [3.63, 3.8) is 0 Å². The number of thiocarbonyl (C=S) groups is 1. The van der Waals surface area contributed by atoms with Crippen molar-refractivity contribution in [2.75, 3.05) is 7.05 Å². The molecule has 0 aliphatic heterocycles. The third-order valence-corrected chi connectivity index (χ3v) is 3.69. The lowest BCUT2D eigenvalue weighted by molar-refractivity contribution is 0.863. The van der Waals surface area contributed by atoms with Crippen LogP contribution < -0.4 is 10.7 Å². The fourth-order valence-corrected chi connectivity index (χ4v) is 2.24. The third-order valence-electron chi connectivity index (χ3n) is 2.72. The van der Waals surface area contributed by atoms with E-state index < -0.39 is 0 Å². The van der Waals surface area contributed by atoms with Crippen molar-refractivity contribution in [2.24, 2.45) is 5.10 Å². The number of halogens is 2. The number of hydrogen-bond acceptors (Lipinski definition) is 3. The zero-order valence-corrected chi connectivity index (χ0v) is 13.7. The minimum absolute atomic E-state index is 0.415. The summed E-state index contributed by atoms with van der Waals surface area (Å²) >= 11 is 17.5. The molecule has 21 heavy (non-hydrogen) atoms. The minimum atomic E-state index is 0.415. The predicted octanol–water partition coefficient (Wildman–Crippen LogP) is 2.92. The van der Waals surface area contributed by atoms with Gasteiger partial charge >= 0.3 is 0 Å². The molecule has 0 saturated heterocycles. The summed E-state index contributed by atoms with van der Waals surface area (Å²) in [7, 11) is 1.71. The number of nitrogens with zero attached hydrogens (tertiary/aromatic N) is 3. The Morgan fingerprint density at radius 1 is 1.38 bits per heavy atom. The molecule has 1 heterocycles. The third kappa shape index (κ3) is 3.53. The van der Waals surface area contributed by atoms with Gasteiger partial charge in [-0.3, -0.25) is 5.43 Å². The lowest BCUT2D eigenvalue weighted by atomic mass is 10.3. The van der Waals surface area contributed by atoms with Gasteiger partial charge in [-0.25, -0.2) is 4.68 Å². The fourth-order valence-electron chi connectivity index (χ4n) is 1.65. The van der Waals surface area contributed by atoms with Crippen LogP contribution in [0.3, 0.4) is 0 Å². The smallest absolute Gasteiger partial charge is 0.186 e. The normalized spacial score (nSPS) is 10.9. The van der Waals surface area contributed by atoms with E-state index in [2.05, 4.69) is 20.9 Å².